The summed E-state index contributed by atoms with van der Waals surface area (Å²) in [5.41, 5.74) is 3.00. The Kier molecular flexibility index (Phi) is 5.97. The first-order valence-electron chi connectivity index (χ1n) is 10.7. The van der Waals surface area contributed by atoms with Crippen molar-refractivity contribution in [2.45, 2.75) is 57.5 Å². The average molecular weight is 396 g/mol. The normalized spacial score (nSPS) is 21.8. The Morgan fingerprint density at radius 3 is 2.69 bits per heavy atom. The lowest BCUT2D eigenvalue weighted by Crippen LogP contribution is -2.56. The predicted octanol–water partition coefficient (Wildman–Crippen LogP) is 2.64. The van der Waals surface area contributed by atoms with Crippen LogP contribution in [-0.2, 0) is 16.1 Å². The highest BCUT2D eigenvalue weighted by Gasteiger charge is 2.41. The van der Waals surface area contributed by atoms with Gasteiger partial charge in [-0.25, -0.2) is 0 Å². The van der Waals surface area contributed by atoms with Crippen LogP contribution in [0.25, 0.3) is 0 Å². The Labute approximate surface area is 171 Å². The molecule has 29 heavy (non-hydrogen) atoms. The number of nitrogens with one attached hydrogen (secondary N) is 1. The van der Waals surface area contributed by atoms with E-state index in [1.165, 1.54) is 18.4 Å². The van der Waals surface area contributed by atoms with E-state index in [1.54, 1.807) is 21.9 Å². The third-order valence-electron chi connectivity index (χ3n) is 6.20. The van der Waals surface area contributed by atoms with Gasteiger partial charge < -0.3 is 15.1 Å². The van der Waals surface area contributed by atoms with Crippen molar-refractivity contribution >= 4 is 17.7 Å². The lowest BCUT2D eigenvalue weighted by molar-refractivity contribution is -0.154. The van der Waals surface area contributed by atoms with Crippen LogP contribution in [0.15, 0.2) is 35.9 Å². The van der Waals surface area contributed by atoms with Gasteiger partial charge in [0.15, 0.2) is 0 Å². The Morgan fingerprint density at radius 1 is 1.10 bits per heavy atom. The van der Waals surface area contributed by atoms with Crippen molar-refractivity contribution in [1.82, 2.24) is 15.1 Å². The second kappa shape index (κ2) is 8.80. The summed E-state index contributed by atoms with van der Waals surface area (Å²) < 4.78 is 0. The molecule has 2 fully saturated rings. The van der Waals surface area contributed by atoms with Gasteiger partial charge in [0.2, 0.25) is 11.8 Å². The van der Waals surface area contributed by atoms with E-state index in [-0.39, 0.29) is 30.3 Å². The van der Waals surface area contributed by atoms with Crippen LogP contribution < -0.4 is 5.32 Å². The molecule has 2 aliphatic heterocycles. The van der Waals surface area contributed by atoms with E-state index >= 15 is 0 Å². The van der Waals surface area contributed by atoms with Crippen LogP contribution in [-0.4, -0.2) is 53.2 Å². The monoisotopic (exact) mass is 395 g/mol. The SMILES string of the molecule is O=C(NCCC1=CCCCC1)c1ccc(CN2CC(=O)N3CCCC3C2=O)cc1. The molecule has 1 atom stereocenters. The van der Waals surface area contributed by atoms with Crippen molar-refractivity contribution in [2.24, 2.45) is 0 Å². The number of rotatable bonds is 6. The molecular formula is C23H29N3O3. The van der Waals surface area contributed by atoms with Gasteiger partial charge in [0, 0.05) is 25.2 Å². The molecule has 1 aliphatic carbocycles. The van der Waals surface area contributed by atoms with Gasteiger partial charge in [0.25, 0.3) is 5.91 Å². The molecule has 0 radical (unpaired) electrons. The lowest BCUT2D eigenvalue weighted by Gasteiger charge is -2.36. The van der Waals surface area contributed by atoms with Gasteiger partial charge in [-0.1, -0.05) is 23.8 Å². The number of amides is 3. The summed E-state index contributed by atoms with van der Waals surface area (Å²) in [4.78, 5) is 40.6. The van der Waals surface area contributed by atoms with Crippen LogP contribution in [0.3, 0.4) is 0 Å². The highest BCUT2D eigenvalue weighted by atomic mass is 16.2. The van der Waals surface area contributed by atoms with Gasteiger partial charge in [-0.05, 0) is 62.6 Å². The summed E-state index contributed by atoms with van der Waals surface area (Å²) >= 11 is 0. The molecule has 1 aromatic rings. The van der Waals surface area contributed by atoms with E-state index in [1.807, 2.05) is 12.1 Å². The second-order valence-corrected chi connectivity index (χ2v) is 8.25. The molecule has 0 bridgehead atoms. The van der Waals surface area contributed by atoms with Crippen molar-refractivity contribution in [2.75, 3.05) is 19.6 Å². The van der Waals surface area contributed by atoms with Crippen LogP contribution in [0.1, 0.15) is 60.9 Å². The van der Waals surface area contributed by atoms with Gasteiger partial charge in [0.1, 0.15) is 12.6 Å². The number of nitrogens with zero attached hydrogens (tertiary/aromatic N) is 2. The fraction of sp³-hybridized carbons (Fsp3) is 0.522. The third kappa shape index (κ3) is 4.52. The maximum Gasteiger partial charge on any atom is 0.251 e. The standard InChI is InChI=1S/C23H29N3O3/c27-21-16-25(23(29)20-7-4-14-26(20)21)15-18-8-10-19(11-9-18)22(28)24-13-12-17-5-2-1-3-6-17/h5,8-11,20H,1-4,6-7,12-16H2,(H,24,28). The molecule has 4 rings (SSSR count). The zero-order chi connectivity index (χ0) is 20.2. The Hall–Kier alpha value is -2.63. The first kappa shape index (κ1) is 19.7. The van der Waals surface area contributed by atoms with Crippen LogP contribution in [0, 0.1) is 0 Å². The number of piperazine rings is 1. The molecule has 2 saturated heterocycles. The smallest absolute Gasteiger partial charge is 0.251 e. The van der Waals surface area contributed by atoms with E-state index in [9.17, 15) is 14.4 Å². The first-order valence-corrected chi connectivity index (χ1v) is 10.7. The van der Waals surface area contributed by atoms with Crippen LogP contribution in [0.2, 0.25) is 0 Å². The predicted molar refractivity (Wildman–Crippen MR) is 110 cm³/mol. The maximum absolute atomic E-state index is 12.6. The summed E-state index contributed by atoms with van der Waals surface area (Å²) in [7, 11) is 0. The third-order valence-corrected chi connectivity index (χ3v) is 6.20. The van der Waals surface area contributed by atoms with E-state index < -0.39 is 0 Å². The summed E-state index contributed by atoms with van der Waals surface area (Å²) in [5, 5.41) is 2.99. The number of hydrogen-bond acceptors (Lipinski definition) is 3. The Balaban J connectivity index is 1.29. The fourth-order valence-corrected chi connectivity index (χ4v) is 4.55. The molecule has 1 N–H and O–H groups in total. The molecule has 6 nitrogen and oxygen atoms in total. The summed E-state index contributed by atoms with van der Waals surface area (Å²) in [6.07, 6.45) is 9.74. The highest BCUT2D eigenvalue weighted by Crippen LogP contribution is 2.25. The van der Waals surface area contributed by atoms with Gasteiger partial charge >= 0.3 is 0 Å². The Morgan fingerprint density at radius 2 is 1.93 bits per heavy atom. The first-order chi connectivity index (χ1) is 14.1. The molecule has 154 valence electrons. The zero-order valence-corrected chi connectivity index (χ0v) is 16.9. The zero-order valence-electron chi connectivity index (χ0n) is 16.9. The molecule has 1 aromatic carbocycles. The molecule has 6 heteroatoms. The molecule has 0 aromatic heterocycles. The van der Waals surface area contributed by atoms with Crippen LogP contribution in [0.4, 0.5) is 0 Å². The van der Waals surface area contributed by atoms with Gasteiger partial charge in [-0.2, -0.15) is 0 Å². The summed E-state index contributed by atoms with van der Waals surface area (Å²) in [5.74, 6) is 0.0101. The van der Waals surface area contributed by atoms with Crippen molar-refractivity contribution in [1.29, 1.82) is 0 Å². The number of fused-ring (bicyclic) bond motifs is 1. The van der Waals surface area contributed by atoms with E-state index in [0.717, 1.165) is 37.7 Å². The number of benzene rings is 1. The summed E-state index contributed by atoms with van der Waals surface area (Å²) in [6.45, 7) is 1.91. The number of carbonyl (C=O) groups excluding carboxylic acids is 3. The van der Waals surface area contributed by atoms with Crippen LogP contribution >= 0.6 is 0 Å². The minimum atomic E-state index is -0.277. The van der Waals surface area contributed by atoms with Crippen molar-refractivity contribution < 1.29 is 14.4 Å². The molecule has 0 saturated carbocycles. The molecule has 1 unspecified atom stereocenters. The van der Waals surface area contributed by atoms with Crippen LogP contribution in [0.5, 0.6) is 0 Å². The fourth-order valence-electron chi connectivity index (χ4n) is 4.55. The van der Waals surface area contributed by atoms with Crippen molar-refractivity contribution in [3.05, 3.63) is 47.0 Å². The van der Waals surface area contributed by atoms with Crippen molar-refractivity contribution in [3.8, 4) is 0 Å². The van der Waals surface area contributed by atoms with Crippen molar-refractivity contribution in [3.63, 3.8) is 0 Å². The number of carbonyl (C=O) groups is 3. The molecule has 3 amide bonds. The van der Waals surface area contributed by atoms with Gasteiger partial charge in [-0.15, -0.1) is 0 Å². The largest absolute Gasteiger partial charge is 0.352 e. The Bertz CT molecular complexity index is 815. The lowest BCUT2D eigenvalue weighted by atomic mass is 9.97. The molecule has 3 aliphatic rings. The molecular weight excluding hydrogens is 366 g/mol. The van der Waals surface area contributed by atoms with E-state index in [0.29, 0.717) is 25.2 Å². The average Bonchev–Trinajstić information content (AvgIpc) is 3.24. The minimum absolute atomic E-state index is 0.0381. The topological polar surface area (TPSA) is 69.7 Å². The van der Waals surface area contributed by atoms with Gasteiger partial charge in [0.05, 0.1) is 0 Å². The number of allylic oxidation sites excluding steroid dienone is 1. The number of hydrogen-bond donors (Lipinski definition) is 1. The quantitative estimate of drug-likeness (QED) is 0.753. The minimum Gasteiger partial charge on any atom is -0.352 e. The molecule has 0 spiro atoms. The maximum atomic E-state index is 12.6. The highest BCUT2D eigenvalue weighted by molar-refractivity contribution is 5.95. The molecule has 2 heterocycles. The second-order valence-electron chi connectivity index (χ2n) is 8.25. The van der Waals surface area contributed by atoms with E-state index in [2.05, 4.69) is 11.4 Å². The van der Waals surface area contributed by atoms with Gasteiger partial charge in [-0.3, -0.25) is 14.4 Å². The van der Waals surface area contributed by atoms with E-state index in [4.69, 9.17) is 0 Å². The summed E-state index contributed by atoms with van der Waals surface area (Å²) in [6, 6.07) is 7.06.